The lowest BCUT2D eigenvalue weighted by Crippen LogP contribution is -2.59. The molecule has 0 unspecified atom stereocenters. The van der Waals surface area contributed by atoms with Gasteiger partial charge in [-0.1, -0.05) is 147 Å². The molecule has 3 N–H and O–H groups in total. The summed E-state index contributed by atoms with van der Waals surface area (Å²) in [7, 11) is 1.32. The lowest BCUT2D eigenvalue weighted by atomic mass is 9.85. The number of benzene rings is 4. The molecule has 5 fully saturated rings. The minimum absolute atomic E-state index is 0. The van der Waals surface area contributed by atoms with Gasteiger partial charge in [0.15, 0.2) is 17.0 Å². The number of hydrogen-bond acceptors (Lipinski definition) is 14. The topological polar surface area (TPSA) is 241 Å². The zero-order valence-corrected chi connectivity index (χ0v) is 51.2. The van der Waals surface area contributed by atoms with E-state index in [9.17, 15) is 38.7 Å². The summed E-state index contributed by atoms with van der Waals surface area (Å²) in [6, 6.07) is 27.8. The van der Waals surface area contributed by atoms with Crippen LogP contribution in [0, 0.1) is 22.7 Å². The van der Waals surface area contributed by atoms with E-state index in [1.54, 1.807) is 30.3 Å². The first-order valence-corrected chi connectivity index (χ1v) is 30.6. The van der Waals surface area contributed by atoms with Gasteiger partial charge in [0.1, 0.15) is 30.3 Å². The zero-order chi connectivity index (χ0) is 62.5. The van der Waals surface area contributed by atoms with Gasteiger partial charge in [-0.2, -0.15) is 0 Å². The van der Waals surface area contributed by atoms with E-state index in [2.05, 4.69) is 58.4 Å². The number of esters is 1. The Balaban J connectivity index is 0.000000194. The Kier molecular flexibility index (Phi) is 18.0. The highest BCUT2D eigenvalue weighted by molar-refractivity contribution is 6.31. The van der Waals surface area contributed by atoms with Crippen LogP contribution < -0.4 is 10.6 Å². The number of methoxy groups -OCH3 is 1. The summed E-state index contributed by atoms with van der Waals surface area (Å²) in [6.45, 7) is 13.2. The molecule has 19 nitrogen and oxygen atoms in total. The Morgan fingerprint density at radius 1 is 0.753 bits per heavy atom. The quantitative estimate of drug-likeness (QED) is 0.0538. The number of carboxylic acid groups (broad SMARTS) is 1. The van der Waals surface area contributed by atoms with E-state index >= 15 is 0 Å². The molecule has 470 valence electrons. The number of carbonyl (C=O) groups is 7. The number of ether oxygens (including phenoxy) is 3. The molecule has 8 aliphatic rings. The van der Waals surface area contributed by atoms with Crippen LogP contribution in [0.3, 0.4) is 0 Å². The number of nitrogens with zero attached hydrogens (tertiary/aromatic N) is 4. The van der Waals surface area contributed by atoms with Crippen LogP contribution in [0.5, 0.6) is 0 Å². The third-order valence-electron chi connectivity index (χ3n) is 18.8. The lowest BCUT2D eigenvalue weighted by molar-refractivity contribution is -0.149. The first-order chi connectivity index (χ1) is 42.0. The van der Waals surface area contributed by atoms with Gasteiger partial charge in [0.2, 0.25) is 11.8 Å². The molecule has 4 aromatic carbocycles. The van der Waals surface area contributed by atoms with Crippen molar-refractivity contribution >= 4 is 76.3 Å². The van der Waals surface area contributed by atoms with Gasteiger partial charge in [0.25, 0.3) is 0 Å². The maximum absolute atomic E-state index is 14.3. The first-order valence-electron chi connectivity index (χ1n) is 29.9. The van der Waals surface area contributed by atoms with Crippen LogP contribution in [0.15, 0.2) is 133 Å². The number of likely N-dealkylation sites (tertiary alicyclic amines) is 2. The molecule has 21 heteroatoms. The molecule has 4 aromatic rings. The molecular formula is C68H76Cl2N6O13. The summed E-state index contributed by atoms with van der Waals surface area (Å²) in [5.74, 6) is -3.67. The number of amides is 4. The predicted molar refractivity (Wildman–Crippen MR) is 334 cm³/mol. The number of hydrogen-bond donors (Lipinski definition) is 3. The van der Waals surface area contributed by atoms with Gasteiger partial charge in [-0.3, -0.25) is 24.1 Å². The van der Waals surface area contributed by atoms with Crippen LogP contribution in [0.4, 0.5) is 9.59 Å². The Bertz CT molecular complexity index is 3520. The minimum Gasteiger partial charge on any atom is -0.479 e. The van der Waals surface area contributed by atoms with E-state index in [0.717, 1.165) is 59.1 Å². The highest BCUT2D eigenvalue weighted by Gasteiger charge is 2.64. The first kappa shape index (κ1) is 64.0. The molecule has 0 radical (unpaired) electrons. The molecule has 89 heavy (non-hydrogen) atoms. The predicted octanol–water partition coefficient (Wildman–Crippen LogP) is 11.2. The van der Waals surface area contributed by atoms with Gasteiger partial charge < -0.3 is 44.5 Å². The van der Waals surface area contributed by atoms with E-state index < -0.39 is 87.6 Å². The molecule has 12 rings (SSSR count). The molecule has 2 saturated heterocycles. The summed E-state index contributed by atoms with van der Waals surface area (Å²) in [4.78, 5) is 109. The highest BCUT2D eigenvalue weighted by Crippen LogP contribution is 2.58. The van der Waals surface area contributed by atoms with Crippen LogP contribution in [-0.2, 0) is 47.9 Å². The van der Waals surface area contributed by atoms with Crippen molar-refractivity contribution < 1.29 is 62.6 Å². The second-order valence-electron chi connectivity index (χ2n) is 25.7. The Morgan fingerprint density at radius 2 is 1.30 bits per heavy atom. The third kappa shape index (κ3) is 12.7. The monoisotopic (exact) mass is 1250 g/mol. The fourth-order valence-electron chi connectivity index (χ4n) is 13.8. The SMILES string of the molecule is C.C=C[C@@H]1C[C@]1(CC(=O)[C@@H]1C[C@]2(CC(c3cccc(Cl)c3)=NO2)CN1C(=O)OCC1c2ccccc2-c2ccccc21)C(=O)OC.C=C[C@@H]1C[C@]1(NC(=O)[C@@H]1C[C@]2(CC(c3cccc(Cl)c3)=NO2)CN1C(=O)[C@@H](NC(=O)OC1CCCC1)C(C)(C)C)C(=O)O. The number of carboxylic acids is 1. The molecule has 0 aromatic heterocycles. The number of oxime groups is 2. The number of ketones is 1. The molecule has 4 heterocycles. The van der Waals surface area contributed by atoms with Crippen molar-refractivity contribution in [1.82, 2.24) is 20.4 Å². The zero-order valence-electron chi connectivity index (χ0n) is 49.6. The van der Waals surface area contributed by atoms with Gasteiger partial charge in [-0.25, -0.2) is 14.4 Å². The van der Waals surface area contributed by atoms with Crippen molar-refractivity contribution in [3.63, 3.8) is 0 Å². The number of aliphatic carboxylic acids is 1. The summed E-state index contributed by atoms with van der Waals surface area (Å²) in [5.41, 5.74) is 2.22. The summed E-state index contributed by atoms with van der Waals surface area (Å²) < 4.78 is 16.7. The van der Waals surface area contributed by atoms with Crippen LogP contribution in [0.2, 0.25) is 10.0 Å². The number of allylic oxidation sites excluding steroid dienone is 1. The van der Waals surface area contributed by atoms with Crippen molar-refractivity contribution in [2.24, 2.45) is 33.0 Å². The van der Waals surface area contributed by atoms with Crippen molar-refractivity contribution in [2.45, 2.75) is 146 Å². The smallest absolute Gasteiger partial charge is 0.410 e. The highest BCUT2D eigenvalue weighted by atomic mass is 35.5. The van der Waals surface area contributed by atoms with E-state index in [-0.39, 0.29) is 76.5 Å². The van der Waals surface area contributed by atoms with Crippen molar-refractivity contribution in [1.29, 1.82) is 0 Å². The van der Waals surface area contributed by atoms with Crippen LogP contribution in [0.25, 0.3) is 11.1 Å². The maximum Gasteiger partial charge on any atom is 0.410 e. The number of Topliss-reactive ketones (excluding diaryl/α,β-unsaturated/α-hetero) is 1. The largest absolute Gasteiger partial charge is 0.479 e. The Labute approximate surface area is 528 Å². The molecule has 4 aliphatic carbocycles. The summed E-state index contributed by atoms with van der Waals surface area (Å²) >= 11 is 12.4. The lowest BCUT2D eigenvalue weighted by Gasteiger charge is -2.35. The molecule has 9 atom stereocenters. The van der Waals surface area contributed by atoms with E-state index in [1.165, 1.54) is 23.0 Å². The van der Waals surface area contributed by atoms with Crippen LogP contribution in [0.1, 0.15) is 127 Å². The standard InChI is InChI=1S/C36H33ClN2O6.C31H39ClN4O7.CH4/c1-3-23-16-36(23,33(41)43-2)19-32(40)31-18-35(17-30(38-45-35)22-9-8-10-24(37)15-22)21-39(31)34(42)44-20-29-27-13-6-4-11-25(27)26-12-5-7-14-28(26)29;1-5-19-14-31(19,27(39)40)34-25(37)23-16-30(15-22(35-43-30)18-9-8-10-20(32)13-18)17-36(23)26(38)24(29(2,3)4)33-28(41)42-21-11-6-7-12-21;/h3-15,23,29,31H,1,16-21H2,2H3;5,8-10,13,19,21,23-24H,1,6-7,11-12,14-17H2,2-4H3,(H,33,41)(H,34,37)(H,39,40);1H4/t23-,31+,35-,36-;19-,23+,24-,30-,31-;/m11./s1. The number of rotatable bonds is 16. The average molecular weight is 1260 g/mol. The molecular weight excluding hydrogens is 1180 g/mol. The van der Waals surface area contributed by atoms with Crippen molar-refractivity contribution in [2.75, 3.05) is 26.8 Å². The van der Waals surface area contributed by atoms with Gasteiger partial charge in [0, 0.05) is 65.1 Å². The maximum atomic E-state index is 14.3. The summed E-state index contributed by atoms with van der Waals surface area (Å²) in [5, 5.41) is 25.1. The van der Waals surface area contributed by atoms with Crippen molar-refractivity contribution in [3.05, 3.63) is 155 Å². The van der Waals surface area contributed by atoms with Crippen LogP contribution >= 0.6 is 23.2 Å². The fourth-order valence-corrected chi connectivity index (χ4v) is 14.2. The number of fused-ring (bicyclic) bond motifs is 3. The normalized spacial score (nSPS) is 27.2. The second-order valence-corrected chi connectivity index (χ2v) is 26.6. The second kappa shape index (κ2) is 25.1. The number of nitrogens with one attached hydrogen (secondary N) is 2. The average Bonchev–Trinajstić information content (AvgIpc) is 1.61. The summed E-state index contributed by atoms with van der Waals surface area (Å²) in [6.07, 6.45) is 6.86. The van der Waals surface area contributed by atoms with Crippen molar-refractivity contribution in [3.8, 4) is 11.1 Å². The molecule has 3 saturated carbocycles. The van der Waals surface area contributed by atoms with Gasteiger partial charge in [0.05, 0.1) is 43.1 Å². The van der Waals surface area contributed by atoms with Gasteiger partial charge >= 0.3 is 24.1 Å². The Hall–Kier alpha value is -8.03. The molecule has 2 spiro atoms. The number of carbonyl (C=O) groups excluding carboxylic acids is 6. The molecule has 0 bridgehead atoms. The molecule has 4 amide bonds. The van der Waals surface area contributed by atoms with Gasteiger partial charge in [-0.15, -0.1) is 13.2 Å². The Morgan fingerprint density at radius 3 is 1.81 bits per heavy atom. The minimum atomic E-state index is -1.48. The number of alkyl carbamates (subject to hydrolysis) is 1. The molecule has 4 aliphatic heterocycles. The van der Waals surface area contributed by atoms with E-state index in [4.69, 9.17) is 47.1 Å². The fraction of sp³-hybridized carbons (Fsp3) is 0.456. The number of halogens is 2. The van der Waals surface area contributed by atoms with E-state index in [0.29, 0.717) is 40.7 Å². The van der Waals surface area contributed by atoms with Gasteiger partial charge in [-0.05, 0) is 96.4 Å². The van der Waals surface area contributed by atoms with Crippen LogP contribution in [-0.4, -0.2) is 136 Å². The third-order valence-corrected chi connectivity index (χ3v) is 19.3. The van der Waals surface area contributed by atoms with E-state index in [1.807, 2.05) is 69.3 Å².